The monoisotopic (exact) mass is 242 g/mol. The molecule has 3 N–H and O–H groups in total. The molecule has 0 bridgehead atoms. The lowest BCUT2D eigenvalue weighted by atomic mass is 10.2. The summed E-state index contributed by atoms with van der Waals surface area (Å²) >= 11 is 0. The third kappa shape index (κ3) is 3.49. The summed E-state index contributed by atoms with van der Waals surface area (Å²) < 4.78 is 18.3. The van der Waals surface area contributed by atoms with Gasteiger partial charge in [0.15, 0.2) is 11.6 Å². The second-order valence-corrected chi connectivity index (χ2v) is 4.10. The van der Waals surface area contributed by atoms with E-state index in [2.05, 4.69) is 0 Å². The average Bonchev–Trinajstić information content (AvgIpc) is 2.26. The Morgan fingerprint density at radius 3 is 2.71 bits per heavy atom. The Bertz CT molecular complexity index is 383. The smallest absolute Gasteiger partial charge is 0.167 e. The van der Waals surface area contributed by atoms with Crippen LogP contribution in [0.2, 0.25) is 0 Å². The molecule has 0 amide bonds. The number of ether oxygens (including phenoxy) is 1. The van der Waals surface area contributed by atoms with E-state index >= 15 is 0 Å². The summed E-state index contributed by atoms with van der Waals surface area (Å²) in [7, 11) is 3.25. The van der Waals surface area contributed by atoms with Crippen LogP contribution >= 0.6 is 0 Å². The zero-order valence-corrected chi connectivity index (χ0v) is 10.4. The SMILES string of the molecule is COc1cc(N(C)CCC(C)O)c(N)cc1F. The second kappa shape index (κ2) is 5.72. The molecule has 1 aromatic carbocycles. The van der Waals surface area contributed by atoms with Crippen molar-refractivity contribution < 1.29 is 14.2 Å². The van der Waals surface area contributed by atoms with E-state index < -0.39 is 5.82 Å². The molecule has 0 saturated heterocycles. The molecule has 0 heterocycles. The Labute approximate surface area is 101 Å². The number of aliphatic hydroxyl groups is 1. The first-order valence-electron chi connectivity index (χ1n) is 5.48. The lowest BCUT2D eigenvalue weighted by Crippen LogP contribution is -2.22. The van der Waals surface area contributed by atoms with Gasteiger partial charge in [0.1, 0.15) is 0 Å². The fourth-order valence-electron chi connectivity index (χ4n) is 1.55. The molecule has 5 heteroatoms. The molecule has 1 unspecified atom stereocenters. The van der Waals surface area contributed by atoms with E-state index in [1.807, 2.05) is 11.9 Å². The number of nitrogens with two attached hydrogens (primary N) is 1. The summed E-state index contributed by atoms with van der Waals surface area (Å²) in [5.41, 5.74) is 6.81. The van der Waals surface area contributed by atoms with Gasteiger partial charge in [0.2, 0.25) is 0 Å². The molecule has 1 rings (SSSR count). The van der Waals surface area contributed by atoms with Crippen LogP contribution in [-0.4, -0.2) is 31.9 Å². The highest BCUT2D eigenvalue weighted by Crippen LogP contribution is 2.30. The van der Waals surface area contributed by atoms with Gasteiger partial charge in [-0.15, -0.1) is 0 Å². The molecule has 0 aromatic heterocycles. The zero-order chi connectivity index (χ0) is 13.0. The number of rotatable bonds is 5. The third-order valence-corrected chi connectivity index (χ3v) is 2.59. The predicted octanol–water partition coefficient (Wildman–Crippen LogP) is 1.62. The van der Waals surface area contributed by atoms with Crippen molar-refractivity contribution in [2.45, 2.75) is 19.4 Å². The van der Waals surface area contributed by atoms with Gasteiger partial charge >= 0.3 is 0 Å². The van der Waals surface area contributed by atoms with Crippen LogP contribution in [0.4, 0.5) is 15.8 Å². The highest BCUT2D eigenvalue weighted by molar-refractivity contribution is 5.69. The number of nitrogen functional groups attached to an aromatic ring is 1. The summed E-state index contributed by atoms with van der Waals surface area (Å²) in [4.78, 5) is 1.87. The number of benzene rings is 1. The maximum atomic E-state index is 13.3. The molecule has 1 atom stereocenters. The topological polar surface area (TPSA) is 58.7 Å². The van der Waals surface area contributed by atoms with Crippen molar-refractivity contribution >= 4 is 11.4 Å². The molecule has 96 valence electrons. The number of methoxy groups -OCH3 is 1. The minimum Gasteiger partial charge on any atom is -0.494 e. The number of hydrogen-bond acceptors (Lipinski definition) is 4. The first kappa shape index (κ1) is 13.6. The first-order valence-corrected chi connectivity index (χ1v) is 5.48. The van der Waals surface area contributed by atoms with Gasteiger partial charge in [-0.3, -0.25) is 0 Å². The van der Waals surface area contributed by atoms with Crippen molar-refractivity contribution in [2.75, 3.05) is 31.3 Å². The van der Waals surface area contributed by atoms with Gasteiger partial charge in [0.25, 0.3) is 0 Å². The molecule has 17 heavy (non-hydrogen) atoms. The Kier molecular flexibility index (Phi) is 4.57. The van der Waals surface area contributed by atoms with Crippen molar-refractivity contribution in [1.29, 1.82) is 0 Å². The van der Waals surface area contributed by atoms with Crippen LogP contribution in [0.1, 0.15) is 13.3 Å². The normalized spacial score (nSPS) is 12.3. The van der Waals surface area contributed by atoms with Gasteiger partial charge in [-0.1, -0.05) is 0 Å². The summed E-state index contributed by atoms with van der Waals surface area (Å²) in [5.74, 6) is -0.309. The van der Waals surface area contributed by atoms with E-state index in [1.165, 1.54) is 13.2 Å². The van der Waals surface area contributed by atoms with Gasteiger partial charge in [-0.05, 0) is 13.3 Å². The summed E-state index contributed by atoms with van der Waals surface area (Å²) in [6.45, 7) is 2.36. The molecule has 0 fully saturated rings. The van der Waals surface area contributed by atoms with Crippen LogP contribution in [0.5, 0.6) is 5.75 Å². The summed E-state index contributed by atoms with van der Waals surface area (Å²) in [6, 6.07) is 2.81. The van der Waals surface area contributed by atoms with Crippen molar-refractivity contribution in [3.05, 3.63) is 17.9 Å². The largest absolute Gasteiger partial charge is 0.494 e. The summed E-state index contributed by atoms with van der Waals surface area (Å²) in [6.07, 6.45) is 0.247. The average molecular weight is 242 g/mol. The van der Waals surface area contributed by atoms with Gasteiger partial charge < -0.3 is 20.5 Å². The first-order chi connectivity index (χ1) is 7.95. The van der Waals surface area contributed by atoms with Crippen LogP contribution < -0.4 is 15.4 Å². The lowest BCUT2D eigenvalue weighted by molar-refractivity contribution is 0.187. The quantitative estimate of drug-likeness (QED) is 0.770. The molecule has 0 aliphatic carbocycles. The minimum absolute atomic E-state index is 0.165. The van der Waals surface area contributed by atoms with Crippen molar-refractivity contribution in [2.24, 2.45) is 0 Å². The number of halogens is 1. The van der Waals surface area contributed by atoms with Crippen LogP contribution in [0.15, 0.2) is 12.1 Å². The van der Waals surface area contributed by atoms with E-state index in [1.54, 1.807) is 13.0 Å². The molecule has 0 saturated carbocycles. The zero-order valence-electron chi connectivity index (χ0n) is 10.4. The molecule has 0 radical (unpaired) electrons. The molecule has 1 aromatic rings. The number of aliphatic hydroxyl groups excluding tert-OH is 1. The molecular formula is C12H19FN2O2. The van der Waals surface area contributed by atoms with Crippen molar-refractivity contribution in [3.8, 4) is 5.75 Å². The molecule has 0 aliphatic heterocycles. The van der Waals surface area contributed by atoms with E-state index in [0.29, 0.717) is 24.3 Å². The second-order valence-electron chi connectivity index (χ2n) is 4.10. The fourth-order valence-corrected chi connectivity index (χ4v) is 1.55. The third-order valence-electron chi connectivity index (χ3n) is 2.59. The molecular weight excluding hydrogens is 223 g/mol. The number of anilines is 2. The molecule has 4 nitrogen and oxygen atoms in total. The number of hydrogen-bond donors (Lipinski definition) is 2. The maximum absolute atomic E-state index is 13.3. The van der Waals surface area contributed by atoms with Crippen LogP contribution in [-0.2, 0) is 0 Å². The predicted molar refractivity (Wildman–Crippen MR) is 66.9 cm³/mol. The van der Waals surface area contributed by atoms with Crippen LogP contribution in [0.25, 0.3) is 0 Å². The van der Waals surface area contributed by atoms with Crippen LogP contribution in [0.3, 0.4) is 0 Å². The van der Waals surface area contributed by atoms with Gasteiger partial charge in [0.05, 0.1) is 24.6 Å². The lowest BCUT2D eigenvalue weighted by Gasteiger charge is -2.22. The van der Waals surface area contributed by atoms with Crippen molar-refractivity contribution in [1.82, 2.24) is 0 Å². The Morgan fingerprint density at radius 1 is 1.53 bits per heavy atom. The van der Waals surface area contributed by atoms with Gasteiger partial charge in [-0.2, -0.15) is 0 Å². The Hall–Kier alpha value is -1.49. The molecule has 0 aliphatic rings. The van der Waals surface area contributed by atoms with Crippen LogP contribution in [0, 0.1) is 5.82 Å². The highest BCUT2D eigenvalue weighted by Gasteiger charge is 2.12. The van der Waals surface area contributed by atoms with Gasteiger partial charge in [-0.25, -0.2) is 4.39 Å². The Balaban J connectivity index is 2.89. The van der Waals surface area contributed by atoms with Crippen molar-refractivity contribution in [3.63, 3.8) is 0 Å². The number of nitrogens with zero attached hydrogens (tertiary/aromatic N) is 1. The molecule has 0 spiro atoms. The maximum Gasteiger partial charge on any atom is 0.167 e. The highest BCUT2D eigenvalue weighted by atomic mass is 19.1. The Morgan fingerprint density at radius 2 is 2.18 bits per heavy atom. The standard InChI is InChI=1S/C12H19FN2O2/c1-8(16)4-5-15(2)11-7-12(17-3)9(13)6-10(11)14/h6-8,16H,4-5,14H2,1-3H3. The summed E-state index contributed by atoms with van der Waals surface area (Å²) in [5, 5.41) is 9.22. The van der Waals surface area contributed by atoms with E-state index in [4.69, 9.17) is 10.5 Å². The van der Waals surface area contributed by atoms with Gasteiger partial charge in [0, 0.05) is 25.7 Å². The van der Waals surface area contributed by atoms with E-state index in [9.17, 15) is 9.50 Å². The van der Waals surface area contributed by atoms with E-state index in [0.717, 1.165) is 0 Å². The van der Waals surface area contributed by atoms with E-state index in [-0.39, 0.29) is 11.9 Å². The minimum atomic E-state index is -0.474. The fraction of sp³-hybridized carbons (Fsp3) is 0.500.